The van der Waals surface area contributed by atoms with Crippen LogP contribution in [0.25, 0.3) is 6.08 Å². The average molecular weight is 615 g/mol. The van der Waals surface area contributed by atoms with Crippen LogP contribution in [0.1, 0.15) is 88.8 Å². The van der Waals surface area contributed by atoms with Crippen LogP contribution in [0.2, 0.25) is 0 Å². The quantitative estimate of drug-likeness (QED) is 0.269. The van der Waals surface area contributed by atoms with Gasteiger partial charge in [-0.2, -0.15) is 0 Å². The van der Waals surface area contributed by atoms with E-state index >= 15 is 0 Å². The van der Waals surface area contributed by atoms with Crippen molar-refractivity contribution in [3.05, 3.63) is 52.2 Å². The summed E-state index contributed by atoms with van der Waals surface area (Å²) < 4.78 is 34.1. The number of ether oxygens (including phenoxy) is 6. The average Bonchev–Trinajstić information content (AvgIpc) is 3.32. The van der Waals surface area contributed by atoms with E-state index < -0.39 is 54.6 Å². The number of hydrogen-bond acceptors (Lipinski definition) is 11. The van der Waals surface area contributed by atoms with Crippen LogP contribution in [0.5, 0.6) is 5.88 Å². The molecule has 5 atom stereocenters. The summed E-state index contributed by atoms with van der Waals surface area (Å²) in [5, 5.41) is 7.48. The predicted molar refractivity (Wildman–Crippen MR) is 159 cm³/mol. The van der Waals surface area contributed by atoms with Crippen LogP contribution in [0.15, 0.2) is 24.3 Å². The number of aromatic nitrogens is 2. The maximum absolute atomic E-state index is 12.2. The Hall–Kier alpha value is -4.19. The topological polar surface area (TPSA) is 152 Å². The summed E-state index contributed by atoms with van der Waals surface area (Å²) in [6.07, 6.45) is -0.948. The highest BCUT2D eigenvalue weighted by molar-refractivity contribution is 5.68. The van der Waals surface area contributed by atoms with Gasteiger partial charge in [-0.15, -0.1) is 5.10 Å². The highest BCUT2D eigenvalue weighted by atomic mass is 16.7. The number of H-pyrrole nitrogens is 1. The van der Waals surface area contributed by atoms with Gasteiger partial charge in [-0.25, -0.2) is 0 Å². The van der Waals surface area contributed by atoms with Gasteiger partial charge in [0.2, 0.25) is 18.3 Å². The molecule has 44 heavy (non-hydrogen) atoms. The van der Waals surface area contributed by atoms with Crippen LogP contribution in [0, 0.1) is 6.92 Å². The van der Waals surface area contributed by atoms with Crippen LogP contribution in [0.3, 0.4) is 0 Å². The molecule has 1 N–H and O–H groups in total. The molecule has 0 bridgehead atoms. The van der Waals surface area contributed by atoms with Crippen molar-refractivity contribution in [2.75, 3.05) is 6.61 Å². The lowest BCUT2D eigenvalue weighted by molar-refractivity contribution is -0.289. The summed E-state index contributed by atoms with van der Waals surface area (Å²) in [5.41, 5.74) is 4.82. The van der Waals surface area contributed by atoms with Gasteiger partial charge in [0.15, 0.2) is 12.2 Å². The summed E-state index contributed by atoms with van der Waals surface area (Å²) in [4.78, 5) is 48.1. The van der Waals surface area contributed by atoms with E-state index in [9.17, 15) is 19.2 Å². The molecule has 1 saturated heterocycles. The number of aromatic amines is 1. The molecule has 0 aliphatic carbocycles. The van der Waals surface area contributed by atoms with E-state index in [2.05, 4.69) is 41.4 Å². The molecule has 1 fully saturated rings. The molecule has 3 rings (SSSR count). The van der Waals surface area contributed by atoms with Gasteiger partial charge >= 0.3 is 23.9 Å². The van der Waals surface area contributed by atoms with Crippen molar-refractivity contribution in [3.8, 4) is 5.88 Å². The first kappa shape index (κ1) is 34.3. The van der Waals surface area contributed by atoms with Gasteiger partial charge in [0.05, 0.1) is 0 Å². The molecule has 2 heterocycles. The van der Waals surface area contributed by atoms with E-state index in [1.54, 1.807) is 0 Å². The second kappa shape index (κ2) is 15.5. The Labute approximate surface area is 257 Å². The first-order valence-electron chi connectivity index (χ1n) is 14.6. The third-order valence-corrected chi connectivity index (χ3v) is 6.89. The maximum atomic E-state index is 12.2. The lowest BCUT2D eigenvalue weighted by atomic mass is 9.95. The lowest BCUT2D eigenvalue weighted by Gasteiger charge is -2.43. The van der Waals surface area contributed by atoms with Gasteiger partial charge in [-0.05, 0) is 36.0 Å². The monoisotopic (exact) mass is 614 g/mol. The van der Waals surface area contributed by atoms with Crippen molar-refractivity contribution < 1.29 is 47.6 Å². The van der Waals surface area contributed by atoms with Gasteiger partial charge in [-0.1, -0.05) is 51.1 Å². The van der Waals surface area contributed by atoms with E-state index in [-0.39, 0.29) is 18.4 Å². The van der Waals surface area contributed by atoms with Crippen LogP contribution in [-0.4, -0.2) is 71.4 Å². The molecule has 0 unspecified atom stereocenters. The molecule has 0 amide bonds. The molecule has 12 heteroatoms. The Bertz CT molecular complexity index is 1360. The number of rotatable bonds is 12. The Kier molecular flexibility index (Phi) is 12.1. The number of nitrogens with zero attached hydrogens (tertiary/aromatic N) is 1. The van der Waals surface area contributed by atoms with Gasteiger partial charge < -0.3 is 28.4 Å². The van der Waals surface area contributed by atoms with E-state index in [1.165, 1.54) is 13.8 Å². The second-order valence-electron chi connectivity index (χ2n) is 10.9. The number of hydrogen-bond donors (Lipinski definition) is 1. The number of benzene rings is 1. The van der Waals surface area contributed by atoms with Crippen LogP contribution < -0.4 is 4.74 Å². The molecular weight excluding hydrogens is 572 g/mol. The van der Waals surface area contributed by atoms with Crippen molar-refractivity contribution in [2.45, 2.75) is 105 Å². The highest BCUT2D eigenvalue weighted by Gasteiger charge is 2.53. The maximum Gasteiger partial charge on any atom is 0.303 e. The lowest BCUT2D eigenvalue weighted by Crippen LogP contribution is -2.63. The minimum absolute atomic E-state index is 0.0531. The Morgan fingerprint density at radius 2 is 1.59 bits per heavy atom. The van der Waals surface area contributed by atoms with Crippen molar-refractivity contribution in [3.63, 3.8) is 0 Å². The third-order valence-electron chi connectivity index (χ3n) is 6.89. The zero-order valence-corrected chi connectivity index (χ0v) is 26.5. The fourth-order valence-electron chi connectivity index (χ4n) is 4.97. The van der Waals surface area contributed by atoms with Crippen LogP contribution >= 0.6 is 0 Å². The predicted octanol–water partition coefficient (Wildman–Crippen LogP) is 4.32. The molecule has 1 aliphatic heterocycles. The molecule has 12 nitrogen and oxygen atoms in total. The number of aryl methyl sites for hydroxylation is 1. The summed E-state index contributed by atoms with van der Waals surface area (Å²) in [7, 11) is 0. The molecule has 0 saturated carbocycles. The summed E-state index contributed by atoms with van der Waals surface area (Å²) >= 11 is 0. The zero-order valence-electron chi connectivity index (χ0n) is 26.5. The van der Waals surface area contributed by atoms with Crippen molar-refractivity contribution in [1.29, 1.82) is 0 Å². The minimum Gasteiger partial charge on any atom is -0.463 e. The van der Waals surface area contributed by atoms with Gasteiger partial charge in [-0.3, -0.25) is 24.3 Å². The van der Waals surface area contributed by atoms with Gasteiger partial charge in [0, 0.05) is 45.4 Å². The number of allylic oxidation sites excluding steroid dienone is 1. The molecule has 2 aromatic rings. The van der Waals surface area contributed by atoms with E-state index in [4.69, 9.17) is 28.4 Å². The Morgan fingerprint density at radius 1 is 0.955 bits per heavy atom. The smallest absolute Gasteiger partial charge is 0.303 e. The van der Waals surface area contributed by atoms with Crippen molar-refractivity contribution in [2.24, 2.45) is 0 Å². The van der Waals surface area contributed by atoms with Gasteiger partial charge in [0.1, 0.15) is 12.7 Å². The molecule has 1 aromatic heterocycles. The van der Waals surface area contributed by atoms with Crippen molar-refractivity contribution in [1.82, 2.24) is 10.2 Å². The Balaban J connectivity index is 2.05. The molecule has 240 valence electrons. The fourth-order valence-corrected chi connectivity index (χ4v) is 4.97. The van der Waals surface area contributed by atoms with E-state index in [0.717, 1.165) is 48.2 Å². The summed E-state index contributed by atoms with van der Waals surface area (Å²) in [5.74, 6) is -2.54. The molecular formula is C32H42N2O10. The number of carbonyl (C=O) groups excluding carboxylic acids is 4. The summed E-state index contributed by atoms with van der Waals surface area (Å²) in [6.45, 7) is 12.5. The van der Waals surface area contributed by atoms with E-state index in [0.29, 0.717) is 6.42 Å². The number of nitrogens with one attached hydrogen (secondary N) is 1. The van der Waals surface area contributed by atoms with E-state index in [1.807, 2.05) is 26.8 Å². The normalized spacial score (nSPS) is 21.6. The first-order chi connectivity index (χ1) is 20.8. The highest BCUT2D eigenvalue weighted by Crippen LogP contribution is 2.34. The number of esters is 4. The standard InChI is InChI=1S/C32H42N2O10/c1-9-10-11-23-12-13-24(18(4)14-23)15-25-27(17(2)3)33-34-31(25)44-32-30(42-22(8)38)29(41-21(7)37)28(40-20(6)36)26(43-32)16-39-19(5)35/h10-14,17,26,28-30,32H,9,15-16H2,1-8H3,(H,33,34)/b11-10+/t26-,28-,29+,30-,32+/m1/s1. The SMILES string of the molecule is CC/C=C/c1ccc(Cc2c(O[C@@H]3O[C@H](COC(C)=O)[C@@H](OC(C)=O)[C@H](OC(C)=O)[C@H]3OC(C)=O)n[nH]c2C(C)C)c(C)c1. The molecule has 0 spiro atoms. The molecule has 1 aromatic carbocycles. The fraction of sp³-hybridized carbons (Fsp3) is 0.531. The Morgan fingerprint density at radius 3 is 2.16 bits per heavy atom. The van der Waals surface area contributed by atoms with Crippen LogP contribution in [0.4, 0.5) is 0 Å². The first-order valence-corrected chi connectivity index (χ1v) is 14.6. The second-order valence-corrected chi connectivity index (χ2v) is 10.9. The third kappa shape index (κ3) is 9.15. The summed E-state index contributed by atoms with van der Waals surface area (Å²) in [6, 6.07) is 6.21. The largest absolute Gasteiger partial charge is 0.463 e. The van der Waals surface area contributed by atoms with Gasteiger partial charge in [0.25, 0.3) is 0 Å². The molecule has 0 radical (unpaired) electrons. The molecule has 1 aliphatic rings. The van der Waals surface area contributed by atoms with Crippen molar-refractivity contribution >= 4 is 30.0 Å². The zero-order chi connectivity index (χ0) is 32.6. The minimum atomic E-state index is -1.39. The van der Waals surface area contributed by atoms with Crippen LogP contribution in [-0.2, 0) is 49.3 Å². The number of carbonyl (C=O) groups is 4.